The topological polar surface area (TPSA) is 40.5 Å². The standard InChI is InChI=1S/C16H23NO2/c1-10-5-6-14(7-11(10)2)13(4)17-8-15(9-17)12(3)16(18)19/h5-7,12-13,15H,8-9H2,1-4H3,(H,18,19). The van der Waals surface area contributed by atoms with Gasteiger partial charge in [-0.2, -0.15) is 0 Å². The van der Waals surface area contributed by atoms with E-state index in [2.05, 4.69) is 43.9 Å². The zero-order valence-corrected chi connectivity index (χ0v) is 12.2. The summed E-state index contributed by atoms with van der Waals surface area (Å²) in [4.78, 5) is 13.3. The summed E-state index contributed by atoms with van der Waals surface area (Å²) in [6.07, 6.45) is 0. The van der Waals surface area contributed by atoms with E-state index in [9.17, 15) is 4.79 Å². The third-order valence-corrected chi connectivity index (χ3v) is 4.60. The monoisotopic (exact) mass is 261 g/mol. The van der Waals surface area contributed by atoms with Crippen LogP contribution in [0.1, 0.15) is 36.6 Å². The first-order valence-electron chi connectivity index (χ1n) is 6.94. The van der Waals surface area contributed by atoms with Crippen molar-refractivity contribution in [1.29, 1.82) is 0 Å². The highest BCUT2D eigenvalue weighted by atomic mass is 16.4. The summed E-state index contributed by atoms with van der Waals surface area (Å²) in [7, 11) is 0. The van der Waals surface area contributed by atoms with E-state index in [1.54, 1.807) is 0 Å². The number of benzene rings is 1. The van der Waals surface area contributed by atoms with Crippen LogP contribution in [0.5, 0.6) is 0 Å². The second kappa shape index (κ2) is 5.33. The number of rotatable bonds is 4. The van der Waals surface area contributed by atoms with Gasteiger partial charge in [-0.15, -0.1) is 0 Å². The van der Waals surface area contributed by atoms with Crippen molar-refractivity contribution < 1.29 is 9.90 Å². The summed E-state index contributed by atoms with van der Waals surface area (Å²) < 4.78 is 0. The Balaban J connectivity index is 1.97. The van der Waals surface area contributed by atoms with Crippen LogP contribution in [-0.2, 0) is 4.79 Å². The van der Waals surface area contributed by atoms with Gasteiger partial charge in [-0.3, -0.25) is 9.69 Å². The van der Waals surface area contributed by atoms with Gasteiger partial charge < -0.3 is 5.11 Å². The van der Waals surface area contributed by atoms with Crippen molar-refractivity contribution >= 4 is 5.97 Å². The van der Waals surface area contributed by atoms with E-state index >= 15 is 0 Å². The molecule has 3 nitrogen and oxygen atoms in total. The fraction of sp³-hybridized carbons (Fsp3) is 0.562. The Morgan fingerprint density at radius 1 is 1.26 bits per heavy atom. The molecule has 3 heteroatoms. The van der Waals surface area contributed by atoms with Crippen LogP contribution < -0.4 is 0 Å². The fourth-order valence-corrected chi connectivity index (χ4v) is 2.62. The zero-order chi connectivity index (χ0) is 14.2. The molecule has 0 aliphatic carbocycles. The number of carboxylic acids is 1. The Labute approximate surface area is 115 Å². The third kappa shape index (κ3) is 2.81. The van der Waals surface area contributed by atoms with Crippen molar-refractivity contribution in [3.63, 3.8) is 0 Å². The van der Waals surface area contributed by atoms with E-state index in [1.807, 2.05) is 6.92 Å². The van der Waals surface area contributed by atoms with Gasteiger partial charge in [0.2, 0.25) is 0 Å². The molecule has 19 heavy (non-hydrogen) atoms. The Morgan fingerprint density at radius 2 is 1.89 bits per heavy atom. The lowest BCUT2D eigenvalue weighted by Gasteiger charge is -2.45. The molecule has 0 radical (unpaired) electrons. The maximum atomic E-state index is 10.9. The maximum Gasteiger partial charge on any atom is 0.306 e. The largest absolute Gasteiger partial charge is 0.481 e. The van der Waals surface area contributed by atoms with Crippen LogP contribution in [0.3, 0.4) is 0 Å². The summed E-state index contributed by atoms with van der Waals surface area (Å²) in [5, 5.41) is 9.01. The third-order valence-electron chi connectivity index (χ3n) is 4.60. The van der Waals surface area contributed by atoms with E-state index in [0.717, 1.165) is 13.1 Å². The molecule has 2 atom stereocenters. The van der Waals surface area contributed by atoms with Gasteiger partial charge in [0.1, 0.15) is 0 Å². The molecule has 0 bridgehead atoms. The van der Waals surface area contributed by atoms with Crippen molar-refractivity contribution in [3.05, 3.63) is 34.9 Å². The lowest BCUT2D eigenvalue weighted by molar-refractivity contribution is -0.146. The van der Waals surface area contributed by atoms with Crippen LogP contribution in [0, 0.1) is 25.7 Å². The summed E-state index contributed by atoms with van der Waals surface area (Å²) in [5.41, 5.74) is 3.96. The number of hydrogen-bond acceptors (Lipinski definition) is 2. The van der Waals surface area contributed by atoms with Gasteiger partial charge in [-0.1, -0.05) is 25.1 Å². The second-order valence-electron chi connectivity index (χ2n) is 5.86. The Kier molecular flexibility index (Phi) is 3.95. The lowest BCUT2D eigenvalue weighted by atomic mass is 9.85. The number of hydrogen-bond donors (Lipinski definition) is 1. The average Bonchev–Trinajstić information content (AvgIpc) is 2.30. The van der Waals surface area contributed by atoms with E-state index in [0.29, 0.717) is 12.0 Å². The molecular weight excluding hydrogens is 238 g/mol. The molecule has 1 aliphatic rings. The average molecular weight is 261 g/mol. The molecule has 104 valence electrons. The SMILES string of the molecule is Cc1ccc(C(C)N2CC(C(C)C(=O)O)C2)cc1C. The van der Waals surface area contributed by atoms with Gasteiger partial charge in [-0.25, -0.2) is 0 Å². The van der Waals surface area contributed by atoms with Crippen LogP contribution in [0.2, 0.25) is 0 Å². The molecule has 0 spiro atoms. The van der Waals surface area contributed by atoms with Gasteiger partial charge in [0.25, 0.3) is 0 Å². The zero-order valence-electron chi connectivity index (χ0n) is 12.2. The van der Waals surface area contributed by atoms with Crippen molar-refractivity contribution in [1.82, 2.24) is 4.90 Å². The number of nitrogens with zero attached hydrogens (tertiary/aromatic N) is 1. The fourth-order valence-electron chi connectivity index (χ4n) is 2.62. The molecule has 1 fully saturated rings. The number of aryl methyl sites for hydroxylation is 2. The highest BCUT2D eigenvalue weighted by Crippen LogP contribution is 2.32. The molecule has 1 aromatic rings. The molecule has 1 N–H and O–H groups in total. The summed E-state index contributed by atoms with van der Waals surface area (Å²) >= 11 is 0. The minimum absolute atomic E-state index is 0.233. The number of aliphatic carboxylic acids is 1. The molecule has 1 aromatic carbocycles. The molecule has 2 unspecified atom stereocenters. The summed E-state index contributed by atoms with van der Waals surface area (Å²) in [6.45, 7) is 10.1. The van der Waals surface area contributed by atoms with E-state index < -0.39 is 5.97 Å². The normalized spacial score (nSPS) is 19.8. The Morgan fingerprint density at radius 3 is 2.42 bits per heavy atom. The van der Waals surface area contributed by atoms with E-state index in [1.165, 1.54) is 16.7 Å². The van der Waals surface area contributed by atoms with Crippen molar-refractivity contribution in [2.45, 2.75) is 33.7 Å². The first kappa shape index (κ1) is 14.1. The number of carbonyl (C=O) groups is 1. The number of carboxylic acid groups (broad SMARTS) is 1. The predicted octanol–water partition coefficient (Wildman–Crippen LogP) is 3.02. The van der Waals surface area contributed by atoms with Crippen LogP contribution >= 0.6 is 0 Å². The smallest absolute Gasteiger partial charge is 0.306 e. The van der Waals surface area contributed by atoms with Gasteiger partial charge in [0, 0.05) is 19.1 Å². The van der Waals surface area contributed by atoms with Crippen LogP contribution in [0.4, 0.5) is 0 Å². The summed E-state index contributed by atoms with van der Waals surface area (Å²) in [5.74, 6) is -0.613. The Bertz CT molecular complexity index is 478. The van der Waals surface area contributed by atoms with Gasteiger partial charge in [0.15, 0.2) is 0 Å². The first-order valence-corrected chi connectivity index (χ1v) is 6.94. The van der Waals surface area contributed by atoms with Crippen LogP contribution in [0.15, 0.2) is 18.2 Å². The molecule has 1 saturated heterocycles. The lowest BCUT2D eigenvalue weighted by Crippen LogP contribution is -2.51. The van der Waals surface area contributed by atoms with Crippen molar-refractivity contribution in [2.75, 3.05) is 13.1 Å². The van der Waals surface area contributed by atoms with E-state index in [-0.39, 0.29) is 5.92 Å². The molecule has 0 amide bonds. The minimum atomic E-state index is -0.677. The second-order valence-corrected chi connectivity index (χ2v) is 5.86. The highest BCUT2D eigenvalue weighted by molar-refractivity contribution is 5.70. The number of likely N-dealkylation sites (tertiary alicyclic amines) is 1. The Hall–Kier alpha value is -1.35. The molecule has 2 rings (SSSR count). The molecule has 1 aliphatic heterocycles. The van der Waals surface area contributed by atoms with Crippen molar-refractivity contribution in [3.8, 4) is 0 Å². The summed E-state index contributed by atoms with van der Waals surface area (Å²) in [6, 6.07) is 6.96. The quantitative estimate of drug-likeness (QED) is 0.905. The van der Waals surface area contributed by atoms with Crippen LogP contribution in [-0.4, -0.2) is 29.1 Å². The molecule has 0 saturated carbocycles. The van der Waals surface area contributed by atoms with Crippen molar-refractivity contribution in [2.24, 2.45) is 11.8 Å². The maximum absolute atomic E-state index is 10.9. The highest BCUT2D eigenvalue weighted by Gasteiger charge is 2.36. The predicted molar refractivity (Wildman–Crippen MR) is 76.2 cm³/mol. The van der Waals surface area contributed by atoms with E-state index in [4.69, 9.17) is 5.11 Å². The molecule has 0 aromatic heterocycles. The van der Waals surface area contributed by atoms with Crippen LogP contribution in [0.25, 0.3) is 0 Å². The first-order chi connectivity index (χ1) is 8.90. The molecule has 1 heterocycles. The molecular formula is C16H23NO2. The minimum Gasteiger partial charge on any atom is -0.481 e. The van der Waals surface area contributed by atoms with Gasteiger partial charge >= 0.3 is 5.97 Å². The van der Waals surface area contributed by atoms with Gasteiger partial charge in [-0.05, 0) is 43.4 Å². The van der Waals surface area contributed by atoms with Gasteiger partial charge in [0.05, 0.1) is 5.92 Å².